The lowest BCUT2D eigenvalue weighted by atomic mass is 10.1. The Bertz CT molecular complexity index is 1190. The molecule has 0 aliphatic heterocycles. The summed E-state index contributed by atoms with van der Waals surface area (Å²) in [5.41, 5.74) is 1.37. The van der Waals surface area contributed by atoms with Gasteiger partial charge in [-0.15, -0.1) is 11.3 Å². The average molecular weight is 378 g/mol. The third-order valence-electron chi connectivity index (χ3n) is 4.00. The number of para-hydroxylation sites is 1. The average Bonchev–Trinajstić information content (AvgIpc) is 3.17. The number of aliphatic imine (C=N–C) groups is 1. The van der Waals surface area contributed by atoms with Crippen LogP contribution in [0.25, 0.3) is 22.2 Å². The number of fused-ring (bicyclic) bond motifs is 1. The fourth-order valence-corrected chi connectivity index (χ4v) is 3.27. The van der Waals surface area contributed by atoms with E-state index in [1.807, 2.05) is 29.6 Å². The van der Waals surface area contributed by atoms with Crippen molar-refractivity contribution in [1.29, 1.82) is 0 Å². The number of ether oxygens (including phenoxy) is 1. The van der Waals surface area contributed by atoms with Crippen molar-refractivity contribution in [3.63, 3.8) is 0 Å². The fraction of sp³-hybridized carbons (Fsp3) is 0.0500. The molecule has 134 valence electrons. The first-order valence-corrected chi connectivity index (χ1v) is 8.92. The maximum Gasteiger partial charge on any atom is 0.348 e. The highest BCUT2D eigenvalue weighted by molar-refractivity contribution is 7.13. The monoisotopic (exact) mass is 378 g/mol. The van der Waals surface area contributed by atoms with Crippen molar-refractivity contribution in [3.05, 3.63) is 69.9 Å². The number of hydrogen-bond donors (Lipinski definition) is 1. The van der Waals surface area contributed by atoms with E-state index in [-0.39, 0.29) is 11.3 Å². The van der Waals surface area contributed by atoms with Crippen LogP contribution in [0.2, 0.25) is 0 Å². The van der Waals surface area contributed by atoms with Gasteiger partial charge in [0.2, 0.25) is 5.13 Å². The van der Waals surface area contributed by atoms with Crippen LogP contribution < -0.4 is 10.4 Å². The molecule has 27 heavy (non-hydrogen) atoms. The van der Waals surface area contributed by atoms with Crippen molar-refractivity contribution in [2.24, 2.45) is 4.99 Å². The van der Waals surface area contributed by atoms with Gasteiger partial charge in [-0.25, -0.2) is 14.8 Å². The number of aromatic nitrogens is 1. The van der Waals surface area contributed by atoms with Gasteiger partial charge in [0.25, 0.3) is 0 Å². The van der Waals surface area contributed by atoms with E-state index in [1.54, 1.807) is 31.4 Å². The molecule has 4 rings (SSSR count). The molecule has 0 spiro atoms. The Balaban J connectivity index is 1.65. The number of rotatable bonds is 4. The Morgan fingerprint density at radius 3 is 2.74 bits per heavy atom. The molecule has 0 bridgehead atoms. The highest BCUT2D eigenvalue weighted by Crippen LogP contribution is 2.29. The summed E-state index contributed by atoms with van der Waals surface area (Å²) in [6, 6.07) is 14.3. The van der Waals surface area contributed by atoms with Crippen LogP contribution in [0.4, 0.5) is 5.13 Å². The van der Waals surface area contributed by atoms with Crippen molar-refractivity contribution in [2.45, 2.75) is 0 Å². The number of benzene rings is 2. The zero-order valence-electron chi connectivity index (χ0n) is 14.2. The van der Waals surface area contributed by atoms with Crippen molar-refractivity contribution >= 4 is 33.7 Å². The summed E-state index contributed by atoms with van der Waals surface area (Å²) in [5.74, 6) is 0.614. The molecule has 1 N–H and O–H groups in total. The van der Waals surface area contributed by atoms with Gasteiger partial charge in [0, 0.05) is 17.2 Å². The van der Waals surface area contributed by atoms with Gasteiger partial charge < -0.3 is 14.3 Å². The number of aromatic hydroxyl groups is 1. The highest BCUT2D eigenvalue weighted by atomic mass is 32.1. The van der Waals surface area contributed by atoms with Crippen LogP contribution in [0.5, 0.6) is 11.5 Å². The first-order valence-electron chi connectivity index (χ1n) is 8.04. The molecule has 6 nitrogen and oxygen atoms in total. The van der Waals surface area contributed by atoms with Gasteiger partial charge in [-0.3, -0.25) is 0 Å². The van der Waals surface area contributed by atoms with E-state index in [0.717, 1.165) is 17.0 Å². The molecule has 7 heteroatoms. The molecule has 2 aromatic heterocycles. The Morgan fingerprint density at radius 1 is 1.19 bits per heavy atom. The van der Waals surface area contributed by atoms with E-state index in [9.17, 15) is 9.90 Å². The largest absolute Gasteiger partial charge is 0.506 e. The molecule has 0 aliphatic rings. The van der Waals surface area contributed by atoms with E-state index in [4.69, 9.17) is 9.15 Å². The Morgan fingerprint density at radius 2 is 1.96 bits per heavy atom. The van der Waals surface area contributed by atoms with Gasteiger partial charge in [0.15, 0.2) is 0 Å². The summed E-state index contributed by atoms with van der Waals surface area (Å²) < 4.78 is 10.4. The van der Waals surface area contributed by atoms with Crippen molar-refractivity contribution in [1.82, 2.24) is 4.98 Å². The predicted octanol–water partition coefficient (Wildman–Crippen LogP) is 4.38. The number of methoxy groups -OCH3 is 1. The molecular formula is C20H14N2O4S. The molecule has 2 aromatic carbocycles. The molecule has 0 saturated carbocycles. The molecule has 0 radical (unpaired) electrons. The molecule has 0 fully saturated rings. The summed E-state index contributed by atoms with van der Waals surface area (Å²) in [4.78, 5) is 20.8. The second-order valence-corrected chi connectivity index (χ2v) is 6.49. The van der Waals surface area contributed by atoms with Crippen LogP contribution in [0.3, 0.4) is 0 Å². The summed E-state index contributed by atoms with van der Waals surface area (Å²) in [6.45, 7) is 0. The maximum atomic E-state index is 12.1. The summed E-state index contributed by atoms with van der Waals surface area (Å²) >= 11 is 1.33. The molecule has 0 aliphatic carbocycles. The van der Waals surface area contributed by atoms with Gasteiger partial charge in [0.1, 0.15) is 22.6 Å². The number of thiazole rings is 1. The van der Waals surface area contributed by atoms with Crippen LogP contribution in [0, 0.1) is 0 Å². The topological polar surface area (TPSA) is 84.9 Å². The fourth-order valence-electron chi connectivity index (χ4n) is 2.60. The maximum absolute atomic E-state index is 12.1. The summed E-state index contributed by atoms with van der Waals surface area (Å²) in [5, 5.41) is 13.2. The Kier molecular flexibility index (Phi) is 4.43. The zero-order valence-corrected chi connectivity index (χ0v) is 15.1. The van der Waals surface area contributed by atoms with Crippen molar-refractivity contribution in [2.75, 3.05) is 7.11 Å². The van der Waals surface area contributed by atoms with E-state index in [1.165, 1.54) is 17.6 Å². The van der Waals surface area contributed by atoms with E-state index in [0.29, 0.717) is 16.1 Å². The van der Waals surface area contributed by atoms with Gasteiger partial charge in [0.05, 0.1) is 18.2 Å². The lowest BCUT2D eigenvalue weighted by molar-refractivity contribution is 0.415. The van der Waals surface area contributed by atoms with E-state index in [2.05, 4.69) is 9.98 Å². The minimum atomic E-state index is -0.651. The van der Waals surface area contributed by atoms with Crippen LogP contribution in [0.1, 0.15) is 5.56 Å². The smallest absolute Gasteiger partial charge is 0.348 e. The second-order valence-electron chi connectivity index (χ2n) is 5.65. The van der Waals surface area contributed by atoms with Crippen LogP contribution in [-0.4, -0.2) is 23.4 Å². The predicted molar refractivity (Wildman–Crippen MR) is 106 cm³/mol. The summed E-state index contributed by atoms with van der Waals surface area (Å²) in [6.07, 6.45) is 1.28. The standard InChI is InChI=1S/C20H14N2O4S/c1-25-13-8-6-12(7-9-13)16-11-27-20(22-16)21-10-15-18(23)14-4-2-3-5-17(14)26-19(15)24/h2-11,23H,1H3/b21-10+. The Labute approximate surface area is 158 Å². The lowest BCUT2D eigenvalue weighted by Gasteiger charge is -2.01. The molecule has 0 unspecified atom stereocenters. The van der Waals surface area contributed by atoms with Crippen molar-refractivity contribution in [3.8, 4) is 22.8 Å². The number of nitrogens with zero attached hydrogens (tertiary/aromatic N) is 2. The van der Waals surface area contributed by atoms with Crippen LogP contribution in [-0.2, 0) is 0 Å². The van der Waals surface area contributed by atoms with E-state index >= 15 is 0 Å². The van der Waals surface area contributed by atoms with E-state index < -0.39 is 5.63 Å². The third-order valence-corrected chi connectivity index (χ3v) is 4.75. The third kappa shape index (κ3) is 3.32. The summed E-state index contributed by atoms with van der Waals surface area (Å²) in [7, 11) is 1.61. The highest BCUT2D eigenvalue weighted by Gasteiger charge is 2.12. The minimum absolute atomic E-state index is 0.00472. The molecular weight excluding hydrogens is 364 g/mol. The minimum Gasteiger partial charge on any atom is -0.506 e. The normalized spacial score (nSPS) is 11.3. The first-order chi connectivity index (χ1) is 13.2. The van der Waals surface area contributed by atoms with Gasteiger partial charge in [-0.1, -0.05) is 12.1 Å². The molecule has 0 atom stereocenters. The molecule has 2 heterocycles. The Hall–Kier alpha value is -3.45. The van der Waals surface area contributed by atoms with Gasteiger partial charge >= 0.3 is 5.63 Å². The van der Waals surface area contributed by atoms with Gasteiger partial charge in [-0.2, -0.15) is 0 Å². The van der Waals surface area contributed by atoms with Crippen molar-refractivity contribution < 1.29 is 14.3 Å². The SMILES string of the molecule is COc1ccc(-c2csc(/N=C/c3c(O)c4ccccc4oc3=O)n2)cc1. The lowest BCUT2D eigenvalue weighted by Crippen LogP contribution is -2.06. The molecule has 0 saturated heterocycles. The number of hydrogen-bond acceptors (Lipinski definition) is 7. The quantitative estimate of drug-likeness (QED) is 0.421. The van der Waals surface area contributed by atoms with Crippen LogP contribution >= 0.6 is 11.3 Å². The van der Waals surface area contributed by atoms with Crippen LogP contribution in [0.15, 0.2) is 68.1 Å². The zero-order chi connectivity index (χ0) is 18.8. The second kappa shape index (κ2) is 7.05. The molecule has 4 aromatic rings. The molecule has 0 amide bonds. The van der Waals surface area contributed by atoms with Gasteiger partial charge in [-0.05, 0) is 36.4 Å². The first kappa shape index (κ1) is 17.0.